The molecule has 19 heavy (non-hydrogen) atoms. The van der Waals surface area contributed by atoms with Crippen LogP contribution in [0.5, 0.6) is 0 Å². The zero-order valence-electron chi connectivity index (χ0n) is 10.3. The van der Waals surface area contributed by atoms with Crippen molar-refractivity contribution < 1.29 is 4.79 Å². The van der Waals surface area contributed by atoms with Gasteiger partial charge in [0.1, 0.15) is 0 Å². The molecule has 100 valence electrons. The van der Waals surface area contributed by atoms with Gasteiger partial charge in [0, 0.05) is 16.3 Å². The second-order valence-electron chi connectivity index (χ2n) is 4.18. The Balaban J connectivity index is 2.26. The zero-order chi connectivity index (χ0) is 14.0. The van der Waals surface area contributed by atoms with Gasteiger partial charge in [-0.1, -0.05) is 11.6 Å². The van der Waals surface area contributed by atoms with E-state index in [9.17, 15) is 4.79 Å². The Hall–Kier alpha value is -1.72. The molecule has 4 nitrogen and oxygen atoms in total. The van der Waals surface area contributed by atoms with Crippen LogP contribution in [0.15, 0.2) is 30.3 Å². The Morgan fingerprint density at radius 3 is 2.68 bits per heavy atom. The van der Waals surface area contributed by atoms with Gasteiger partial charge in [0.05, 0.1) is 15.9 Å². The monoisotopic (exact) mass is 295 g/mol. The molecule has 2 aromatic rings. The zero-order valence-corrected chi connectivity index (χ0v) is 11.9. The Labute approximate surface area is 120 Å². The number of carbonyl (C=O) groups is 1. The lowest BCUT2D eigenvalue weighted by atomic mass is 10.1. The highest BCUT2D eigenvalue weighted by Crippen LogP contribution is 2.30. The van der Waals surface area contributed by atoms with Crippen molar-refractivity contribution in [3.05, 3.63) is 45.1 Å². The molecule has 2 rings (SSSR count). The van der Waals surface area contributed by atoms with Crippen molar-refractivity contribution >= 4 is 40.2 Å². The summed E-state index contributed by atoms with van der Waals surface area (Å²) in [5.74, 6) is -0.508. The van der Waals surface area contributed by atoms with Crippen molar-refractivity contribution in [3.63, 3.8) is 0 Å². The van der Waals surface area contributed by atoms with Gasteiger partial charge in [0.15, 0.2) is 0 Å². The number of thiophene rings is 1. The Morgan fingerprint density at radius 2 is 2.11 bits per heavy atom. The van der Waals surface area contributed by atoms with Gasteiger partial charge in [-0.05, 0) is 37.3 Å². The molecule has 1 unspecified atom stereocenters. The molecule has 1 atom stereocenters. The molecule has 0 saturated carbocycles. The highest BCUT2D eigenvalue weighted by atomic mass is 35.5. The predicted octanol–water partition coefficient (Wildman–Crippen LogP) is 3.26. The highest BCUT2D eigenvalue weighted by Gasteiger charge is 2.13. The highest BCUT2D eigenvalue weighted by molar-refractivity contribution is 7.16. The minimum absolute atomic E-state index is 0.0271. The Kier molecular flexibility index (Phi) is 3.97. The number of nitrogens with one attached hydrogen (secondary N) is 1. The summed E-state index contributed by atoms with van der Waals surface area (Å²) in [5.41, 5.74) is 12.6. The molecule has 1 amide bonds. The fourth-order valence-corrected chi connectivity index (χ4v) is 2.82. The number of benzene rings is 1. The molecule has 5 N–H and O–H groups in total. The fourth-order valence-electron chi connectivity index (χ4n) is 1.76. The Bertz CT molecular complexity index is 612. The molecule has 0 aliphatic carbocycles. The quantitative estimate of drug-likeness (QED) is 0.757. The lowest BCUT2D eigenvalue weighted by Gasteiger charge is -2.16. The van der Waals surface area contributed by atoms with E-state index in [1.807, 2.05) is 19.1 Å². The molecule has 1 aromatic heterocycles. The van der Waals surface area contributed by atoms with Crippen molar-refractivity contribution in [1.82, 2.24) is 0 Å². The van der Waals surface area contributed by atoms with Crippen LogP contribution in [0, 0.1) is 0 Å². The van der Waals surface area contributed by atoms with E-state index in [2.05, 4.69) is 5.32 Å². The number of nitrogen functional groups attached to an aromatic ring is 1. The molecular formula is C13H14ClN3OS. The lowest BCUT2D eigenvalue weighted by molar-refractivity contribution is 0.100. The van der Waals surface area contributed by atoms with Crippen molar-refractivity contribution in [2.75, 3.05) is 11.1 Å². The SMILES string of the molecule is CC(Nc1ccc(N)cc1C(N)=O)c1ccc(Cl)s1. The van der Waals surface area contributed by atoms with Crippen molar-refractivity contribution in [2.45, 2.75) is 13.0 Å². The maximum atomic E-state index is 11.4. The number of halogens is 1. The first kappa shape index (κ1) is 13.7. The number of primary amides is 1. The third kappa shape index (κ3) is 3.19. The number of anilines is 2. The first-order chi connectivity index (χ1) is 8.97. The topological polar surface area (TPSA) is 81.1 Å². The van der Waals surface area contributed by atoms with Crippen LogP contribution in [-0.2, 0) is 0 Å². The molecule has 0 aliphatic rings. The maximum Gasteiger partial charge on any atom is 0.250 e. The molecule has 0 fully saturated rings. The molecular weight excluding hydrogens is 282 g/mol. The molecule has 0 aliphatic heterocycles. The number of nitrogens with two attached hydrogens (primary N) is 2. The van der Waals surface area contributed by atoms with Gasteiger partial charge in [0.2, 0.25) is 0 Å². The van der Waals surface area contributed by atoms with E-state index in [1.165, 1.54) is 11.3 Å². The van der Waals surface area contributed by atoms with Crippen LogP contribution in [0.2, 0.25) is 4.34 Å². The average molecular weight is 296 g/mol. The molecule has 0 radical (unpaired) electrons. The largest absolute Gasteiger partial charge is 0.399 e. The van der Waals surface area contributed by atoms with Crippen molar-refractivity contribution in [2.24, 2.45) is 5.73 Å². The second-order valence-corrected chi connectivity index (χ2v) is 5.92. The summed E-state index contributed by atoms with van der Waals surface area (Å²) in [5, 5.41) is 3.24. The van der Waals surface area contributed by atoms with Crippen LogP contribution in [0.3, 0.4) is 0 Å². The van der Waals surface area contributed by atoms with Crippen molar-refractivity contribution in [1.29, 1.82) is 0 Å². The second kappa shape index (κ2) is 5.50. The van der Waals surface area contributed by atoms with Gasteiger partial charge in [-0.3, -0.25) is 4.79 Å². The van der Waals surface area contributed by atoms with E-state index in [-0.39, 0.29) is 6.04 Å². The van der Waals surface area contributed by atoms with E-state index in [1.54, 1.807) is 18.2 Å². The van der Waals surface area contributed by atoms with E-state index < -0.39 is 5.91 Å². The van der Waals surface area contributed by atoms with Crippen molar-refractivity contribution in [3.8, 4) is 0 Å². The van der Waals surface area contributed by atoms with E-state index in [4.69, 9.17) is 23.1 Å². The molecule has 1 aromatic carbocycles. The van der Waals surface area contributed by atoms with Crippen LogP contribution in [0.4, 0.5) is 11.4 Å². The smallest absolute Gasteiger partial charge is 0.250 e. The van der Waals surface area contributed by atoms with Crippen LogP contribution >= 0.6 is 22.9 Å². The van der Waals surface area contributed by atoms with Gasteiger partial charge in [-0.2, -0.15) is 0 Å². The fraction of sp³-hybridized carbons (Fsp3) is 0.154. The summed E-state index contributed by atoms with van der Waals surface area (Å²) in [6.07, 6.45) is 0. The standard InChI is InChI=1S/C13H14ClN3OS/c1-7(11-4-5-12(14)19-11)17-10-3-2-8(15)6-9(10)13(16)18/h2-7,17H,15H2,1H3,(H2,16,18). The average Bonchev–Trinajstić information content (AvgIpc) is 2.78. The minimum Gasteiger partial charge on any atom is -0.399 e. The molecule has 0 spiro atoms. The Morgan fingerprint density at radius 1 is 1.37 bits per heavy atom. The van der Waals surface area contributed by atoms with Gasteiger partial charge in [-0.15, -0.1) is 11.3 Å². The van der Waals surface area contributed by atoms with E-state index >= 15 is 0 Å². The molecule has 1 heterocycles. The van der Waals surface area contributed by atoms with E-state index in [0.29, 0.717) is 16.9 Å². The van der Waals surface area contributed by atoms with Crippen LogP contribution in [0.1, 0.15) is 28.2 Å². The van der Waals surface area contributed by atoms with Gasteiger partial charge in [0.25, 0.3) is 5.91 Å². The van der Waals surface area contributed by atoms with E-state index in [0.717, 1.165) is 9.21 Å². The summed E-state index contributed by atoms with van der Waals surface area (Å²) in [6, 6.07) is 8.87. The normalized spacial score (nSPS) is 12.1. The summed E-state index contributed by atoms with van der Waals surface area (Å²) in [4.78, 5) is 12.5. The number of hydrogen-bond acceptors (Lipinski definition) is 4. The van der Waals surface area contributed by atoms with Crippen LogP contribution in [0.25, 0.3) is 0 Å². The first-order valence-corrected chi connectivity index (χ1v) is 6.88. The maximum absolute atomic E-state index is 11.4. The molecule has 0 saturated heterocycles. The number of amides is 1. The number of rotatable bonds is 4. The number of carbonyl (C=O) groups excluding carboxylic acids is 1. The molecule has 6 heteroatoms. The summed E-state index contributed by atoms with van der Waals surface area (Å²) in [7, 11) is 0. The minimum atomic E-state index is -0.508. The van der Waals surface area contributed by atoms with Gasteiger partial charge in [-0.25, -0.2) is 0 Å². The third-order valence-electron chi connectivity index (χ3n) is 2.70. The number of hydrogen-bond donors (Lipinski definition) is 3. The van der Waals surface area contributed by atoms with Crippen LogP contribution < -0.4 is 16.8 Å². The molecule has 0 bridgehead atoms. The van der Waals surface area contributed by atoms with Gasteiger partial charge >= 0.3 is 0 Å². The summed E-state index contributed by atoms with van der Waals surface area (Å²) in [6.45, 7) is 1.99. The van der Waals surface area contributed by atoms with Gasteiger partial charge < -0.3 is 16.8 Å². The van der Waals surface area contributed by atoms with Crippen LogP contribution in [-0.4, -0.2) is 5.91 Å². The summed E-state index contributed by atoms with van der Waals surface area (Å²) < 4.78 is 0.732. The first-order valence-electron chi connectivity index (χ1n) is 5.68. The third-order valence-corrected chi connectivity index (χ3v) is 4.12. The predicted molar refractivity (Wildman–Crippen MR) is 80.7 cm³/mol. The lowest BCUT2D eigenvalue weighted by Crippen LogP contribution is -2.16. The summed E-state index contributed by atoms with van der Waals surface area (Å²) >= 11 is 7.40.